The summed E-state index contributed by atoms with van der Waals surface area (Å²) in [5.74, 6) is 9.39. The zero-order valence-corrected chi connectivity index (χ0v) is 27.5. The predicted molar refractivity (Wildman–Crippen MR) is 187 cm³/mol. The number of allylic oxidation sites excluding steroid dienone is 4. The molecule has 5 heteroatoms. The lowest BCUT2D eigenvalue weighted by molar-refractivity contribution is -0.138. The van der Waals surface area contributed by atoms with E-state index in [0.29, 0.717) is 36.0 Å². The molecule has 1 saturated carbocycles. The van der Waals surface area contributed by atoms with Crippen LogP contribution in [0.2, 0.25) is 0 Å². The molecule has 0 heterocycles. The van der Waals surface area contributed by atoms with Crippen molar-refractivity contribution in [1.82, 2.24) is 0 Å². The van der Waals surface area contributed by atoms with E-state index in [1.807, 2.05) is 18.2 Å². The summed E-state index contributed by atoms with van der Waals surface area (Å²) >= 11 is 0. The van der Waals surface area contributed by atoms with Gasteiger partial charge in [0.1, 0.15) is 24.7 Å². The molecule has 1 unspecified atom stereocenters. The number of hydrogen-bond acceptors (Lipinski definition) is 5. The van der Waals surface area contributed by atoms with Gasteiger partial charge >= 0.3 is 5.97 Å². The number of aliphatic hydroxyl groups excluding tert-OH is 1. The highest BCUT2D eigenvalue weighted by Gasteiger charge is 2.22. The molecule has 2 aliphatic rings. The molecule has 5 nitrogen and oxygen atoms in total. The molecule has 4 rings (SSSR count). The lowest BCUT2D eigenvalue weighted by Gasteiger charge is -2.29. The molecule has 0 aliphatic heterocycles. The maximum absolute atomic E-state index is 11.3. The van der Waals surface area contributed by atoms with Gasteiger partial charge in [-0.3, -0.25) is 0 Å². The Morgan fingerprint density at radius 3 is 2.39 bits per heavy atom. The van der Waals surface area contributed by atoms with E-state index >= 15 is 0 Å². The van der Waals surface area contributed by atoms with Gasteiger partial charge in [-0.1, -0.05) is 88.0 Å². The highest BCUT2D eigenvalue weighted by atomic mass is 16.6. The fraction of sp³-hybridized carbons (Fsp3) is 0.439. The number of aliphatic hydroxyl groups is 1. The second-order valence-electron chi connectivity index (χ2n) is 12.4. The van der Waals surface area contributed by atoms with Crippen LogP contribution >= 0.6 is 0 Å². The molecule has 1 fully saturated rings. The number of carbonyl (C=O) groups excluding carboxylic acids is 1. The molecule has 0 radical (unpaired) electrons. The number of unbranched alkanes of at least 4 members (excludes halogenated alkanes) is 2. The van der Waals surface area contributed by atoms with E-state index in [4.69, 9.17) is 14.2 Å². The van der Waals surface area contributed by atoms with Crippen molar-refractivity contribution in [2.75, 3.05) is 26.4 Å². The summed E-state index contributed by atoms with van der Waals surface area (Å²) in [5, 5.41) is 9.24. The minimum Gasteiger partial charge on any atom is -0.493 e. The summed E-state index contributed by atoms with van der Waals surface area (Å²) in [6.45, 7) is 10.2. The van der Waals surface area contributed by atoms with Crippen molar-refractivity contribution in [2.45, 2.75) is 77.0 Å². The first-order chi connectivity index (χ1) is 22.5. The van der Waals surface area contributed by atoms with Crippen LogP contribution in [0.4, 0.5) is 0 Å². The van der Waals surface area contributed by atoms with Crippen molar-refractivity contribution >= 4 is 11.5 Å². The van der Waals surface area contributed by atoms with Crippen LogP contribution in [0.3, 0.4) is 0 Å². The van der Waals surface area contributed by atoms with Gasteiger partial charge in [-0.25, -0.2) is 4.79 Å². The van der Waals surface area contributed by atoms with Crippen LogP contribution in [0.15, 0.2) is 85.5 Å². The van der Waals surface area contributed by atoms with Gasteiger partial charge in [-0.2, -0.15) is 0 Å². The van der Waals surface area contributed by atoms with Crippen LogP contribution in [0.5, 0.6) is 11.5 Å². The maximum atomic E-state index is 11.3. The lowest BCUT2D eigenvalue weighted by atomic mass is 9.77. The van der Waals surface area contributed by atoms with Crippen molar-refractivity contribution in [2.24, 2.45) is 11.8 Å². The Hall–Kier alpha value is -4.01. The molecule has 2 aliphatic carbocycles. The molecular weight excluding hydrogens is 572 g/mol. The Bertz CT molecular complexity index is 1410. The van der Waals surface area contributed by atoms with Crippen LogP contribution in [0.25, 0.3) is 5.57 Å². The highest BCUT2D eigenvalue weighted by Crippen LogP contribution is 2.38. The summed E-state index contributed by atoms with van der Waals surface area (Å²) in [5.41, 5.74) is 5.27. The van der Waals surface area contributed by atoms with Gasteiger partial charge in [0.05, 0.1) is 13.2 Å². The zero-order valence-electron chi connectivity index (χ0n) is 27.5. The molecule has 2 aromatic rings. The van der Waals surface area contributed by atoms with E-state index in [9.17, 15) is 9.90 Å². The number of esters is 1. The third-order valence-corrected chi connectivity index (χ3v) is 8.87. The Balaban J connectivity index is 1.33. The molecule has 2 aromatic carbocycles. The van der Waals surface area contributed by atoms with Crippen molar-refractivity contribution in [3.05, 3.63) is 102 Å². The van der Waals surface area contributed by atoms with Crippen molar-refractivity contribution in [3.8, 4) is 23.3 Å². The molecule has 0 aromatic heterocycles. The van der Waals surface area contributed by atoms with Gasteiger partial charge in [-0.15, -0.1) is 0 Å². The maximum Gasteiger partial charge on any atom is 0.330 e. The minimum absolute atomic E-state index is 0.0612. The molecule has 1 atom stereocenters. The molecule has 0 amide bonds. The normalized spacial score (nSPS) is 18.9. The van der Waals surface area contributed by atoms with Crippen LogP contribution in [0, 0.1) is 23.7 Å². The first kappa shape index (κ1) is 34.9. The first-order valence-electron chi connectivity index (χ1n) is 16.9. The topological polar surface area (TPSA) is 65.0 Å². The fourth-order valence-electron chi connectivity index (χ4n) is 6.08. The van der Waals surface area contributed by atoms with E-state index in [1.165, 1.54) is 56.9 Å². The second-order valence-corrected chi connectivity index (χ2v) is 12.4. The number of carbonyl (C=O) groups is 1. The van der Waals surface area contributed by atoms with Crippen molar-refractivity contribution in [3.63, 3.8) is 0 Å². The second kappa shape index (κ2) is 18.8. The summed E-state index contributed by atoms with van der Waals surface area (Å²) in [6.07, 6.45) is 19.8. The number of hydrogen-bond donors (Lipinski definition) is 1. The van der Waals surface area contributed by atoms with E-state index in [-0.39, 0.29) is 25.7 Å². The molecular formula is C41H50O5. The lowest BCUT2D eigenvalue weighted by Crippen LogP contribution is -2.13. The van der Waals surface area contributed by atoms with E-state index in [2.05, 4.69) is 74.4 Å². The summed E-state index contributed by atoms with van der Waals surface area (Å²) in [6, 6.07) is 14.7. The number of benzene rings is 2. The standard InChI is InChI=1S/C41H50O5/c1-4-6-7-8-32-11-17-35(18-12-32)36-19-13-33(14-20-36)9-10-34-15-21-37(22-16-34)38-27-39(44-24-23-31(3)30-42)29-40(28-38)45-25-26-46-41(43)5-2/h5,13-15,19-22,27-29,32,34-35,42H,2-4,6-8,11-12,16-18,23-26,30H2,1H3. The molecule has 244 valence electrons. The fourth-order valence-corrected chi connectivity index (χ4v) is 6.08. The molecule has 0 spiro atoms. The van der Waals surface area contributed by atoms with Gasteiger partial charge in [0.15, 0.2) is 0 Å². The first-order valence-corrected chi connectivity index (χ1v) is 16.9. The van der Waals surface area contributed by atoms with Crippen molar-refractivity contribution < 1.29 is 24.1 Å². The van der Waals surface area contributed by atoms with Crippen LogP contribution < -0.4 is 9.47 Å². The quantitative estimate of drug-likeness (QED) is 0.0666. The molecule has 1 N–H and O–H groups in total. The highest BCUT2D eigenvalue weighted by molar-refractivity contribution is 5.81. The number of ether oxygens (including phenoxy) is 3. The van der Waals surface area contributed by atoms with E-state index in [1.54, 1.807) is 0 Å². The van der Waals surface area contributed by atoms with E-state index < -0.39 is 5.97 Å². The average molecular weight is 623 g/mol. The zero-order chi connectivity index (χ0) is 32.6. The SMILES string of the molecule is C=CC(=O)OCCOc1cc(OCCC(=C)CO)cc(C2=CCC(C#Cc3ccc(C4CCC(CCCCC)CC4)cc3)C=C2)c1. The van der Waals surface area contributed by atoms with Crippen molar-refractivity contribution in [1.29, 1.82) is 0 Å². The van der Waals surface area contributed by atoms with Gasteiger partial charge in [0, 0.05) is 30.0 Å². The Kier molecular flexibility index (Phi) is 14.3. The largest absolute Gasteiger partial charge is 0.493 e. The van der Waals surface area contributed by atoms with Crippen LogP contribution in [-0.2, 0) is 9.53 Å². The smallest absolute Gasteiger partial charge is 0.330 e. The Morgan fingerprint density at radius 2 is 1.74 bits per heavy atom. The molecule has 0 saturated heterocycles. The Morgan fingerprint density at radius 1 is 1.00 bits per heavy atom. The van der Waals surface area contributed by atoms with E-state index in [0.717, 1.165) is 35.1 Å². The minimum atomic E-state index is -0.483. The summed E-state index contributed by atoms with van der Waals surface area (Å²) in [4.78, 5) is 11.3. The van der Waals surface area contributed by atoms with Gasteiger partial charge < -0.3 is 19.3 Å². The predicted octanol–water partition coefficient (Wildman–Crippen LogP) is 8.98. The van der Waals surface area contributed by atoms with Gasteiger partial charge in [0.25, 0.3) is 0 Å². The third kappa shape index (κ3) is 11.4. The molecule has 46 heavy (non-hydrogen) atoms. The summed E-state index contributed by atoms with van der Waals surface area (Å²) in [7, 11) is 0. The Labute approximate surface area is 276 Å². The van der Waals surface area contributed by atoms with Crippen LogP contribution in [-0.4, -0.2) is 37.5 Å². The van der Waals surface area contributed by atoms with Gasteiger partial charge in [0.2, 0.25) is 0 Å². The van der Waals surface area contributed by atoms with Crippen LogP contribution in [0.1, 0.15) is 93.7 Å². The third-order valence-electron chi connectivity index (χ3n) is 8.87. The number of rotatable bonds is 16. The monoisotopic (exact) mass is 622 g/mol. The average Bonchev–Trinajstić information content (AvgIpc) is 3.10. The van der Waals surface area contributed by atoms with Gasteiger partial charge in [-0.05, 0) is 90.5 Å². The summed E-state index contributed by atoms with van der Waals surface area (Å²) < 4.78 is 16.9. The molecule has 0 bridgehead atoms.